The number of rotatable bonds is 8. The largest absolute Gasteiger partial charge is 0.497 e. The quantitative estimate of drug-likeness (QED) is 0.571. The van der Waals surface area contributed by atoms with Crippen LogP contribution in [0.3, 0.4) is 0 Å². The fourth-order valence-corrected chi connectivity index (χ4v) is 4.74. The van der Waals surface area contributed by atoms with Crippen LogP contribution in [0.2, 0.25) is 0 Å². The summed E-state index contributed by atoms with van der Waals surface area (Å²) < 4.78 is 11.1. The van der Waals surface area contributed by atoms with Gasteiger partial charge in [-0.25, -0.2) is 0 Å². The molecule has 0 aliphatic carbocycles. The van der Waals surface area contributed by atoms with Gasteiger partial charge in [-0.05, 0) is 55.3 Å². The van der Waals surface area contributed by atoms with E-state index in [0.29, 0.717) is 5.75 Å². The van der Waals surface area contributed by atoms with E-state index < -0.39 is 5.60 Å². The second-order valence-electron chi connectivity index (χ2n) is 8.17. The summed E-state index contributed by atoms with van der Waals surface area (Å²) in [4.78, 5) is 2.46. The highest BCUT2D eigenvalue weighted by atomic mass is 16.5. The summed E-state index contributed by atoms with van der Waals surface area (Å²) in [6.07, 6.45) is 2.41. The molecule has 31 heavy (non-hydrogen) atoms. The van der Waals surface area contributed by atoms with Crippen molar-refractivity contribution in [3.63, 3.8) is 0 Å². The molecule has 1 fully saturated rings. The molecule has 2 unspecified atom stereocenters. The first-order valence-corrected chi connectivity index (χ1v) is 10.9. The van der Waals surface area contributed by atoms with Gasteiger partial charge in [0.1, 0.15) is 17.1 Å². The zero-order valence-corrected chi connectivity index (χ0v) is 18.3. The van der Waals surface area contributed by atoms with E-state index in [4.69, 9.17) is 9.47 Å². The zero-order valence-electron chi connectivity index (χ0n) is 18.3. The second kappa shape index (κ2) is 9.54. The Balaban J connectivity index is 1.91. The van der Waals surface area contributed by atoms with E-state index in [1.807, 2.05) is 66.7 Å². The molecule has 2 atom stereocenters. The van der Waals surface area contributed by atoms with E-state index in [1.54, 1.807) is 14.2 Å². The predicted molar refractivity (Wildman–Crippen MR) is 124 cm³/mol. The van der Waals surface area contributed by atoms with Crippen molar-refractivity contribution in [3.8, 4) is 11.5 Å². The fraction of sp³-hybridized carbons (Fsp3) is 0.333. The van der Waals surface area contributed by atoms with Crippen LogP contribution in [-0.4, -0.2) is 43.9 Å². The van der Waals surface area contributed by atoms with Gasteiger partial charge in [-0.15, -0.1) is 0 Å². The number of likely N-dealkylation sites (tertiary alicyclic amines) is 1. The standard InChI is InChI=1S/C27H31NO3/c1-30-23-16-14-22(15-17-23)27(29,24-12-6-7-13-26(24)31-2)25(20-28-18-8-9-19-28)21-10-4-3-5-11-21/h3-7,10-17,25,29H,8-9,18-20H2,1-2H3. The van der Waals surface area contributed by atoms with Gasteiger partial charge in [0, 0.05) is 18.0 Å². The molecule has 1 N–H and O–H groups in total. The predicted octanol–water partition coefficient (Wildman–Crippen LogP) is 4.82. The molecule has 0 aromatic heterocycles. The molecule has 3 aromatic carbocycles. The minimum atomic E-state index is -1.27. The van der Waals surface area contributed by atoms with Crippen molar-refractivity contribution in [1.29, 1.82) is 0 Å². The summed E-state index contributed by atoms with van der Waals surface area (Å²) in [5, 5.41) is 12.7. The number of methoxy groups -OCH3 is 2. The molecule has 0 bridgehead atoms. The van der Waals surface area contributed by atoms with Gasteiger partial charge >= 0.3 is 0 Å². The molecule has 1 saturated heterocycles. The number of hydrogen-bond acceptors (Lipinski definition) is 4. The van der Waals surface area contributed by atoms with Crippen LogP contribution in [0.25, 0.3) is 0 Å². The molecular weight excluding hydrogens is 386 g/mol. The first kappa shape index (κ1) is 21.4. The second-order valence-corrected chi connectivity index (χ2v) is 8.17. The first-order valence-electron chi connectivity index (χ1n) is 10.9. The molecule has 4 heteroatoms. The minimum Gasteiger partial charge on any atom is -0.497 e. The van der Waals surface area contributed by atoms with Crippen molar-refractivity contribution >= 4 is 0 Å². The van der Waals surface area contributed by atoms with E-state index in [-0.39, 0.29) is 5.92 Å². The molecule has 4 rings (SSSR count). The highest BCUT2D eigenvalue weighted by molar-refractivity contribution is 5.49. The molecule has 162 valence electrons. The highest BCUT2D eigenvalue weighted by Gasteiger charge is 2.44. The van der Waals surface area contributed by atoms with Crippen molar-refractivity contribution < 1.29 is 14.6 Å². The zero-order chi connectivity index (χ0) is 21.7. The lowest BCUT2D eigenvalue weighted by atomic mass is 9.72. The van der Waals surface area contributed by atoms with E-state index in [1.165, 1.54) is 12.8 Å². The topological polar surface area (TPSA) is 41.9 Å². The lowest BCUT2D eigenvalue weighted by molar-refractivity contribution is 0.0344. The molecular formula is C27H31NO3. The van der Waals surface area contributed by atoms with Crippen LogP contribution in [0.15, 0.2) is 78.9 Å². The molecule has 0 saturated carbocycles. The lowest BCUT2D eigenvalue weighted by Gasteiger charge is -2.40. The fourth-order valence-electron chi connectivity index (χ4n) is 4.74. The Morgan fingerprint density at radius 2 is 1.48 bits per heavy atom. The van der Waals surface area contributed by atoms with Gasteiger partial charge in [-0.2, -0.15) is 0 Å². The summed E-state index contributed by atoms with van der Waals surface area (Å²) in [6.45, 7) is 2.90. The maximum absolute atomic E-state index is 12.7. The van der Waals surface area contributed by atoms with E-state index in [9.17, 15) is 5.11 Å². The number of aliphatic hydroxyl groups is 1. The maximum Gasteiger partial charge on any atom is 0.126 e. The van der Waals surface area contributed by atoms with E-state index >= 15 is 0 Å². The van der Waals surface area contributed by atoms with Crippen LogP contribution in [0.5, 0.6) is 11.5 Å². The van der Waals surface area contributed by atoms with Gasteiger partial charge in [0.15, 0.2) is 0 Å². The average molecular weight is 418 g/mol. The minimum absolute atomic E-state index is 0.170. The van der Waals surface area contributed by atoms with E-state index in [2.05, 4.69) is 17.0 Å². The third-order valence-corrected chi connectivity index (χ3v) is 6.39. The molecule has 3 aromatic rings. The van der Waals surface area contributed by atoms with Crippen LogP contribution >= 0.6 is 0 Å². The molecule has 0 amide bonds. The van der Waals surface area contributed by atoms with Gasteiger partial charge < -0.3 is 19.5 Å². The van der Waals surface area contributed by atoms with Crippen LogP contribution < -0.4 is 9.47 Å². The SMILES string of the molecule is COc1ccc(C(O)(c2ccccc2OC)C(CN2CCCC2)c2ccccc2)cc1. The Labute approximate surface area is 185 Å². The van der Waals surface area contributed by atoms with Crippen LogP contribution in [0.1, 0.15) is 35.4 Å². The van der Waals surface area contributed by atoms with Crippen molar-refractivity contribution in [3.05, 3.63) is 95.6 Å². The smallest absolute Gasteiger partial charge is 0.126 e. The van der Waals surface area contributed by atoms with Crippen LogP contribution in [0, 0.1) is 0 Å². The Kier molecular flexibility index (Phi) is 6.59. The summed E-state index contributed by atoms with van der Waals surface area (Å²) in [5.74, 6) is 1.28. The average Bonchev–Trinajstić information content (AvgIpc) is 3.36. The van der Waals surface area contributed by atoms with Crippen molar-refractivity contribution in [2.24, 2.45) is 0 Å². The Morgan fingerprint density at radius 1 is 0.839 bits per heavy atom. The van der Waals surface area contributed by atoms with Gasteiger partial charge in [-0.1, -0.05) is 60.7 Å². The summed E-state index contributed by atoms with van der Waals surface area (Å²) >= 11 is 0. The summed E-state index contributed by atoms with van der Waals surface area (Å²) in [6, 6.07) is 25.9. The third kappa shape index (κ3) is 4.32. The van der Waals surface area contributed by atoms with Crippen LogP contribution in [0.4, 0.5) is 0 Å². The number of para-hydroxylation sites is 1. The van der Waals surface area contributed by atoms with Gasteiger partial charge in [0.05, 0.1) is 14.2 Å². The van der Waals surface area contributed by atoms with Crippen molar-refractivity contribution in [1.82, 2.24) is 4.90 Å². The normalized spacial score (nSPS) is 17.1. The maximum atomic E-state index is 12.7. The van der Waals surface area contributed by atoms with Gasteiger partial charge in [0.2, 0.25) is 0 Å². The van der Waals surface area contributed by atoms with Crippen LogP contribution in [-0.2, 0) is 5.60 Å². The van der Waals surface area contributed by atoms with Gasteiger partial charge in [0.25, 0.3) is 0 Å². The third-order valence-electron chi connectivity index (χ3n) is 6.39. The van der Waals surface area contributed by atoms with Gasteiger partial charge in [-0.3, -0.25) is 0 Å². The number of hydrogen-bond donors (Lipinski definition) is 1. The number of ether oxygens (including phenoxy) is 2. The Morgan fingerprint density at radius 3 is 2.13 bits per heavy atom. The number of nitrogens with zero attached hydrogens (tertiary/aromatic N) is 1. The molecule has 0 spiro atoms. The first-order chi connectivity index (χ1) is 15.2. The number of benzene rings is 3. The molecule has 1 aliphatic heterocycles. The molecule has 1 aliphatic rings. The van der Waals surface area contributed by atoms with Crippen molar-refractivity contribution in [2.75, 3.05) is 33.9 Å². The molecule has 1 heterocycles. The molecule has 0 radical (unpaired) electrons. The molecule has 4 nitrogen and oxygen atoms in total. The van der Waals surface area contributed by atoms with E-state index in [0.717, 1.165) is 42.1 Å². The van der Waals surface area contributed by atoms with Crippen molar-refractivity contribution in [2.45, 2.75) is 24.4 Å². The summed E-state index contributed by atoms with van der Waals surface area (Å²) in [5.41, 5.74) is 1.43. The lowest BCUT2D eigenvalue weighted by Crippen LogP contribution is -2.41. The monoisotopic (exact) mass is 417 g/mol. The highest BCUT2D eigenvalue weighted by Crippen LogP contribution is 2.46. The Bertz CT molecular complexity index is 967. The summed E-state index contributed by atoms with van der Waals surface area (Å²) in [7, 11) is 3.31. The Hall–Kier alpha value is -2.82.